The molecule has 1 aromatic rings. The topological polar surface area (TPSA) is 51.0 Å². The maximum absolute atomic E-state index is 11.8. The maximum Gasteiger partial charge on any atom is 0.244 e. The van der Waals surface area contributed by atoms with Gasteiger partial charge in [-0.15, -0.1) is 0 Å². The van der Waals surface area contributed by atoms with Crippen molar-refractivity contribution < 1.29 is 4.79 Å². The Morgan fingerprint density at radius 1 is 1.47 bits per heavy atom. The van der Waals surface area contributed by atoms with Crippen molar-refractivity contribution in [2.75, 3.05) is 13.1 Å². The molecule has 15 heavy (non-hydrogen) atoms. The van der Waals surface area contributed by atoms with Crippen molar-refractivity contribution >= 4 is 5.91 Å². The van der Waals surface area contributed by atoms with Crippen molar-refractivity contribution in [1.82, 2.24) is 19.7 Å². The van der Waals surface area contributed by atoms with Crippen LogP contribution in [0.3, 0.4) is 0 Å². The van der Waals surface area contributed by atoms with Crippen molar-refractivity contribution in [3.8, 4) is 0 Å². The molecular formula is C10H16N4O. The molecule has 0 bridgehead atoms. The molecule has 1 amide bonds. The smallest absolute Gasteiger partial charge is 0.244 e. The highest BCUT2D eigenvalue weighted by molar-refractivity contribution is 5.75. The zero-order valence-electron chi connectivity index (χ0n) is 8.96. The predicted molar refractivity (Wildman–Crippen MR) is 55.0 cm³/mol. The average Bonchev–Trinajstić information content (AvgIpc) is 2.71. The number of rotatable bonds is 2. The van der Waals surface area contributed by atoms with E-state index in [2.05, 4.69) is 17.0 Å². The van der Waals surface area contributed by atoms with Crippen LogP contribution in [0.1, 0.15) is 19.8 Å². The zero-order valence-corrected chi connectivity index (χ0v) is 8.96. The first-order valence-corrected chi connectivity index (χ1v) is 5.36. The van der Waals surface area contributed by atoms with Crippen LogP contribution in [-0.2, 0) is 11.3 Å². The molecule has 1 aliphatic rings. The fraction of sp³-hybridized carbons (Fsp3) is 0.700. The number of hydrogen-bond acceptors (Lipinski definition) is 3. The minimum absolute atomic E-state index is 0.146. The van der Waals surface area contributed by atoms with E-state index in [1.165, 1.54) is 6.33 Å². The number of carbonyl (C=O) groups is 1. The normalized spacial score (nSPS) is 18.1. The molecule has 1 aromatic heterocycles. The Labute approximate surface area is 89.1 Å². The summed E-state index contributed by atoms with van der Waals surface area (Å²) < 4.78 is 1.57. The molecular weight excluding hydrogens is 192 g/mol. The van der Waals surface area contributed by atoms with Gasteiger partial charge in [-0.05, 0) is 18.8 Å². The van der Waals surface area contributed by atoms with Crippen LogP contribution in [-0.4, -0.2) is 38.7 Å². The summed E-state index contributed by atoms with van der Waals surface area (Å²) in [5.74, 6) is 0.896. The Hall–Kier alpha value is -1.39. The zero-order chi connectivity index (χ0) is 10.7. The van der Waals surface area contributed by atoms with E-state index in [0.29, 0.717) is 6.54 Å². The average molecular weight is 208 g/mol. The quantitative estimate of drug-likeness (QED) is 0.712. The van der Waals surface area contributed by atoms with Crippen LogP contribution in [0.25, 0.3) is 0 Å². The van der Waals surface area contributed by atoms with Gasteiger partial charge in [0.2, 0.25) is 5.91 Å². The molecule has 1 fully saturated rings. The van der Waals surface area contributed by atoms with Gasteiger partial charge in [0.25, 0.3) is 0 Å². The fourth-order valence-corrected chi connectivity index (χ4v) is 1.81. The van der Waals surface area contributed by atoms with Crippen LogP contribution in [0.15, 0.2) is 12.7 Å². The molecule has 2 heterocycles. The van der Waals surface area contributed by atoms with Gasteiger partial charge in [-0.3, -0.25) is 4.79 Å². The molecule has 2 rings (SSSR count). The van der Waals surface area contributed by atoms with Crippen molar-refractivity contribution in [3.05, 3.63) is 12.7 Å². The fourth-order valence-electron chi connectivity index (χ4n) is 1.81. The first kappa shape index (κ1) is 10.1. The van der Waals surface area contributed by atoms with Gasteiger partial charge in [0, 0.05) is 13.1 Å². The molecule has 0 atom stereocenters. The van der Waals surface area contributed by atoms with Crippen molar-refractivity contribution in [1.29, 1.82) is 0 Å². The minimum Gasteiger partial charge on any atom is -0.341 e. The third-order valence-electron chi connectivity index (χ3n) is 2.90. The molecule has 0 spiro atoms. The second-order valence-corrected chi connectivity index (χ2v) is 4.16. The third kappa shape index (κ3) is 2.55. The van der Waals surface area contributed by atoms with Crippen LogP contribution in [0.4, 0.5) is 0 Å². The number of likely N-dealkylation sites (tertiary alicyclic amines) is 1. The molecule has 5 nitrogen and oxygen atoms in total. The van der Waals surface area contributed by atoms with E-state index < -0.39 is 0 Å². The standard InChI is InChI=1S/C10H16N4O/c1-9-2-4-13(5-3-9)10(15)6-14-8-11-7-12-14/h7-9H,2-6H2,1H3. The third-order valence-corrected chi connectivity index (χ3v) is 2.90. The summed E-state index contributed by atoms with van der Waals surface area (Å²) in [4.78, 5) is 17.5. The summed E-state index contributed by atoms with van der Waals surface area (Å²) in [6, 6.07) is 0. The number of amides is 1. The highest BCUT2D eigenvalue weighted by Gasteiger charge is 2.20. The number of aromatic nitrogens is 3. The van der Waals surface area contributed by atoms with Gasteiger partial charge in [0.05, 0.1) is 0 Å². The Bertz CT molecular complexity index is 314. The lowest BCUT2D eigenvalue weighted by atomic mass is 9.99. The van der Waals surface area contributed by atoms with E-state index in [4.69, 9.17) is 0 Å². The van der Waals surface area contributed by atoms with Crippen molar-refractivity contribution in [3.63, 3.8) is 0 Å². The number of piperidine rings is 1. The summed E-state index contributed by atoms with van der Waals surface area (Å²) in [5.41, 5.74) is 0. The van der Waals surface area contributed by atoms with Crippen LogP contribution in [0.5, 0.6) is 0 Å². The summed E-state index contributed by atoms with van der Waals surface area (Å²) in [6.07, 6.45) is 5.25. The molecule has 1 saturated heterocycles. The number of nitrogens with zero attached hydrogens (tertiary/aromatic N) is 4. The summed E-state index contributed by atoms with van der Waals surface area (Å²) >= 11 is 0. The van der Waals surface area contributed by atoms with E-state index >= 15 is 0 Å². The molecule has 0 N–H and O–H groups in total. The molecule has 0 radical (unpaired) electrons. The van der Waals surface area contributed by atoms with E-state index in [1.54, 1.807) is 11.0 Å². The summed E-state index contributed by atoms with van der Waals surface area (Å²) in [7, 11) is 0. The number of carbonyl (C=O) groups excluding carboxylic acids is 1. The highest BCUT2D eigenvalue weighted by Crippen LogP contribution is 2.15. The van der Waals surface area contributed by atoms with Crippen LogP contribution in [0, 0.1) is 5.92 Å². The molecule has 0 unspecified atom stereocenters. The largest absolute Gasteiger partial charge is 0.341 e. The van der Waals surface area contributed by atoms with Crippen LogP contribution < -0.4 is 0 Å². The first-order valence-electron chi connectivity index (χ1n) is 5.36. The maximum atomic E-state index is 11.8. The van der Waals surface area contributed by atoms with E-state index in [1.807, 2.05) is 4.90 Å². The Morgan fingerprint density at radius 2 is 2.20 bits per heavy atom. The second kappa shape index (κ2) is 4.42. The lowest BCUT2D eigenvalue weighted by molar-refractivity contribution is -0.133. The van der Waals surface area contributed by atoms with Gasteiger partial charge in [-0.1, -0.05) is 6.92 Å². The van der Waals surface area contributed by atoms with Crippen LogP contribution in [0.2, 0.25) is 0 Å². The lowest BCUT2D eigenvalue weighted by Gasteiger charge is -2.30. The monoisotopic (exact) mass is 208 g/mol. The molecule has 0 aromatic carbocycles. The second-order valence-electron chi connectivity index (χ2n) is 4.16. The molecule has 0 aliphatic carbocycles. The van der Waals surface area contributed by atoms with Crippen molar-refractivity contribution in [2.24, 2.45) is 5.92 Å². The van der Waals surface area contributed by atoms with Gasteiger partial charge in [-0.25, -0.2) is 9.67 Å². The lowest BCUT2D eigenvalue weighted by Crippen LogP contribution is -2.39. The molecule has 0 saturated carbocycles. The SMILES string of the molecule is CC1CCN(C(=O)Cn2cncn2)CC1. The molecule has 82 valence electrons. The van der Waals surface area contributed by atoms with Gasteiger partial charge in [0.1, 0.15) is 19.2 Å². The van der Waals surface area contributed by atoms with E-state index in [9.17, 15) is 4.79 Å². The van der Waals surface area contributed by atoms with Gasteiger partial charge in [0.15, 0.2) is 0 Å². The minimum atomic E-state index is 0.146. The van der Waals surface area contributed by atoms with E-state index in [0.717, 1.165) is 31.8 Å². The summed E-state index contributed by atoms with van der Waals surface area (Å²) in [5, 5.41) is 3.92. The highest BCUT2D eigenvalue weighted by atomic mass is 16.2. The predicted octanol–water partition coefficient (Wildman–Crippen LogP) is 0.537. The van der Waals surface area contributed by atoms with Crippen molar-refractivity contribution in [2.45, 2.75) is 26.3 Å². The first-order chi connectivity index (χ1) is 7.25. The van der Waals surface area contributed by atoms with Gasteiger partial charge >= 0.3 is 0 Å². The summed E-state index contributed by atoms with van der Waals surface area (Å²) in [6.45, 7) is 4.32. The Morgan fingerprint density at radius 3 is 2.80 bits per heavy atom. The molecule has 5 heteroatoms. The van der Waals surface area contributed by atoms with Gasteiger partial charge in [-0.2, -0.15) is 5.10 Å². The Kier molecular flexibility index (Phi) is 2.99. The Balaban J connectivity index is 1.86. The molecule has 1 aliphatic heterocycles. The number of hydrogen-bond donors (Lipinski definition) is 0. The van der Waals surface area contributed by atoms with Crippen LogP contribution >= 0.6 is 0 Å². The van der Waals surface area contributed by atoms with E-state index in [-0.39, 0.29) is 5.91 Å². The van der Waals surface area contributed by atoms with Gasteiger partial charge < -0.3 is 4.90 Å².